The monoisotopic (exact) mass is 453 g/mol. The van der Waals surface area contributed by atoms with E-state index < -0.39 is 21.8 Å². The van der Waals surface area contributed by atoms with Crippen LogP contribution in [0.3, 0.4) is 0 Å². The third-order valence-corrected chi connectivity index (χ3v) is 6.33. The molecule has 4 rings (SSSR count). The number of carbonyl (C=O) groups excluding carboxylic acids is 2. The van der Waals surface area contributed by atoms with Crippen molar-refractivity contribution < 1.29 is 27.5 Å². The van der Waals surface area contributed by atoms with Crippen molar-refractivity contribution in [2.24, 2.45) is 0 Å². The second-order valence-corrected chi connectivity index (χ2v) is 8.54. The van der Waals surface area contributed by atoms with Gasteiger partial charge in [-0.15, -0.1) is 0 Å². The highest BCUT2D eigenvalue weighted by molar-refractivity contribution is 7.92. The first-order valence-electron chi connectivity index (χ1n) is 9.49. The number of para-hydroxylation sites is 2. The Morgan fingerprint density at radius 2 is 1.69 bits per heavy atom. The number of benzene rings is 2. The highest BCUT2D eigenvalue weighted by atomic mass is 32.2. The molecule has 2 heterocycles. The number of carbonyl (C=O) groups is 2. The molecule has 1 aliphatic rings. The summed E-state index contributed by atoms with van der Waals surface area (Å²) in [6.07, 6.45) is 1.44. The maximum absolute atomic E-state index is 13.1. The molecule has 1 aliphatic heterocycles. The molecule has 1 N–H and O–H groups in total. The number of methoxy groups -OCH3 is 2. The van der Waals surface area contributed by atoms with Crippen LogP contribution in [-0.2, 0) is 16.6 Å². The van der Waals surface area contributed by atoms with E-state index >= 15 is 0 Å². The second kappa shape index (κ2) is 8.31. The second-order valence-electron chi connectivity index (χ2n) is 6.89. The Morgan fingerprint density at radius 1 is 0.938 bits per heavy atom. The van der Waals surface area contributed by atoms with E-state index in [1.165, 1.54) is 38.6 Å². The van der Waals surface area contributed by atoms with Crippen molar-refractivity contribution in [3.05, 3.63) is 77.6 Å². The minimum Gasteiger partial charge on any atom is -0.495 e. The zero-order valence-corrected chi connectivity index (χ0v) is 18.0. The number of fused-ring (bicyclic) bond motifs is 1. The molecule has 1 aromatic heterocycles. The minimum absolute atomic E-state index is 0.0803. The summed E-state index contributed by atoms with van der Waals surface area (Å²) in [5.74, 6) is -0.548. The lowest BCUT2D eigenvalue weighted by Crippen LogP contribution is -2.29. The predicted molar refractivity (Wildman–Crippen MR) is 115 cm³/mol. The molecule has 0 unspecified atom stereocenters. The Hall–Kier alpha value is -3.92. The average Bonchev–Trinajstić information content (AvgIpc) is 3.04. The first-order valence-corrected chi connectivity index (χ1v) is 11.0. The Bertz CT molecular complexity index is 1290. The normalized spacial score (nSPS) is 13.1. The summed E-state index contributed by atoms with van der Waals surface area (Å²) >= 11 is 0. The van der Waals surface area contributed by atoms with E-state index in [2.05, 4.69) is 9.71 Å². The molecule has 2 amide bonds. The fourth-order valence-electron chi connectivity index (χ4n) is 3.40. The summed E-state index contributed by atoms with van der Waals surface area (Å²) in [4.78, 5) is 30.1. The lowest BCUT2D eigenvalue weighted by molar-refractivity contribution is 0.0640. The molecule has 0 aliphatic carbocycles. The summed E-state index contributed by atoms with van der Waals surface area (Å²) < 4.78 is 39.2. The fourth-order valence-corrected chi connectivity index (χ4v) is 4.69. The number of nitrogens with zero attached hydrogens (tertiary/aromatic N) is 2. The molecule has 0 saturated heterocycles. The fraction of sp³-hybridized carbons (Fsp3) is 0.136. The van der Waals surface area contributed by atoms with Crippen LogP contribution in [0.1, 0.15) is 26.4 Å². The summed E-state index contributed by atoms with van der Waals surface area (Å²) in [5, 5.41) is 0. The molecular formula is C22H19N3O6S. The number of ether oxygens (including phenoxy) is 2. The van der Waals surface area contributed by atoms with Gasteiger partial charge in [0.05, 0.1) is 32.0 Å². The van der Waals surface area contributed by atoms with Crippen LogP contribution in [0.25, 0.3) is 0 Å². The standard InChI is InChI=1S/C22H19N3O6S/c1-30-17-8-4-3-7-16(17)24-32(28,29)19-12-14(9-10-18(19)31-2)13-25-21(26)15-6-5-11-23-20(15)22(25)27/h3-12,24H,13H2,1-2H3. The van der Waals surface area contributed by atoms with E-state index in [1.54, 1.807) is 36.4 Å². The number of hydrogen-bond acceptors (Lipinski definition) is 7. The molecule has 0 atom stereocenters. The molecule has 32 heavy (non-hydrogen) atoms. The summed E-state index contributed by atoms with van der Waals surface area (Å²) in [6.45, 7) is -0.116. The quantitative estimate of drug-likeness (QED) is 0.547. The van der Waals surface area contributed by atoms with Gasteiger partial charge in [0.1, 0.15) is 22.1 Å². The predicted octanol–water partition coefficient (Wildman–Crippen LogP) is 2.70. The zero-order chi connectivity index (χ0) is 22.9. The van der Waals surface area contributed by atoms with E-state index in [1.807, 2.05) is 0 Å². The highest BCUT2D eigenvalue weighted by Gasteiger charge is 2.36. The molecule has 0 radical (unpaired) electrons. The number of anilines is 1. The number of pyridine rings is 1. The molecule has 9 nitrogen and oxygen atoms in total. The van der Waals surface area contributed by atoms with E-state index in [4.69, 9.17) is 9.47 Å². The van der Waals surface area contributed by atoms with Crippen molar-refractivity contribution in [2.45, 2.75) is 11.4 Å². The lowest BCUT2D eigenvalue weighted by atomic mass is 10.2. The van der Waals surface area contributed by atoms with Gasteiger partial charge >= 0.3 is 0 Å². The molecule has 164 valence electrons. The molecule has 3 aromatic rings. The van der Waals surface area contributed by atoms with Crippen LogP contribution in [-0.4, -0.2) is 44.3 Å². The van der Waals surface area contributed by atoms with Crippen LogP contribution < -0.4 is 14.2 Å². The summed E-state index contributed by atoms with van der Waals surface area (Å²) in [7, 11) is -1.29. The van der Waals surface area contributed by atoms with Gasteiger partial charge < -0.3 is 9.47 Å². The van der Waals surface area contributed by atoms with Crippen molar-refractivity contribution in [1.82, 2.24) is 9.88 Å². The number of aromatic nitrogens is 1. The van der Waals surface area contributed by atoms with Crippen molar-refractivity contribution in [2.75, 3.05) is 18.9 Å². The smallest absolute Gasteiger partial charge is 0.280 e. The Labute approximate surface area is 184 Å². The maximum atomic E-state index is 13.1. The SMILES string of the molecule is COc1ccccc1NS(=O)(=O)c1cc(CN2C(=O)c3cccnc3C2=O)ccc1OC. The number of amides is 2. The Balaban J connectivity index is 1.66. The number of hydrogen-bond donors (Lipinski definition) is 1. The van der Waals surface area contributed by atoms with Crippen molar-refractivity contribution >= 4 is 27.5 Å². The van der Waals surface area contributed by atoms with Gasteiger partial charge in [-0.1, -0.05) is 18.2 Å². The highest BCUT2D eigenvalue weighted by Crippen LogP contribution is 2.31. The van der Waals surface area contributed by atoms with Crippen LogP contribution >= 0.6 is 0 Å². The van der Waals surface area contributed by atoms with Gasteiger partial charge in [-0.25, -0.2) is 8.42 Å². The molecule has 0 fully saturated rings. The first kappa shape index (κ1) is 21.3. The van der Waals surface area contributed by atoms with Gasteiger partial charge in [0.25, 0.3) is 21.8 Å². The van der Waals surface area contributed by atoms with Crippen molar-refractivity contribution in [1.29, 1.82) is 0 Å². The van der Waals surface area contributed by atoms with Crippen molar-refractivity contribution in [3.8, 4) is 11.5 Å². The van der Waals surface area contributed by atoms with E-state index in [0.29, 0.717) is 11.3 Å². The van der Waals surface area contributed by atoms with Gasteiger partial charge in [0, 0.05) is 6.20 Å². The number of nitrogens with one attached hydrogen (secondary N) is 1. The van der Waals surface area contributed by atoms with Gasteiger partial charge in [-0.3, -0.25) is 24.2 Å². The number of imide groups is 1. The van der Waals surface area contributed by atoms with E-state index in [9.17, 15) is 18.0 Å². The molecule has 0 saturated carbocycles. The largest absolute Gasteiger partial charge is 0.495 e. The third-order valence-electron chi connectivity index (χ3n) is 4.94. The minimum atomic E-state index is -4.08. The topological polar surface area (TPSA) is 115 Å². The van der Waals surface area contributed by atoms with Gasteiger partial charge in [-0.2, -0.15) is 0 Å². The van der Waals surface area contributed by atoms with Crippen LogP contribution in [0, 0.1) is 0 Å². The molecule has 10 heteroatoms. The van der Waals surface area contributed by atoms with E-state index in [-0.39, 0.29) is 34.1 Å². The Morgan fingerprint density at radius 3 is 2.41 bits per heavy atom. The number of rotatable bonds is 7. The third kappa shape index (κ3) is 3.76. The van der Waals surface area contributed by atoms with Crippen LogP contribution in [0.5, 0.6) is 11.5 Å². The van der Waals surface area contributed by atoms with Gasteiger partial charge in [0.2, 0.25) is 0 Å². The average molecular weight is 453 g/mol. The van der Waals surface area contributed by atoms with Crippen LogP contribution in [0.4, 0.5) is 5.69 Å². The van der Waals surface area contributed by atoms with Crippen LogP contribution in [0.2, 0.25) is 0 Å². The Kier molecular flexibility index (Phi) is 5.54. The van der Waals surface area contributed by atoms with Crippen molar-refractivity contribution in [3.63, 3.8) is 0 Å². The van der Waals surface area contributed by atoms with Gasteiger partial charge in [0.15, 0.2) is 0 Å². The number of sulfonamides is 1. The lowest BCUT2D eigenvalue weighted by Gasteiger charge is -2.17. The first-order chi connectivity index (χ1) is 15.4. The van der Waals surface area contributed by atoms with Crippen LogP contribution in [0.15, 0.2) is 65.7 Å². The maximum Gasteiger partial charge on any atom is 0.280 e. The molecular weight excluding hydrogens is 434 g/mol. The van der Waals surface area contributed by atoms with E-state index in [0.717, 1.165) is 4.90 Å². The molecule has 2 aromatic carbocycles. The molecule has 0 bridgehead atoms. The van der Waals surface area contributed by atoms with Gasteiger partial charge in [-0.05, 0) is 42.0 Å². The summed E-state index contributed by atoms with van der Waals surface area (Å²) in [6, 6.07) is 14.1. The zero-order valence-electron chi connectivity index (χ0n) is 17.2. The molecule has 0 spiro atoms. The summed E-state index contributed by atoms with van der Waals surface area (Å²) in [5.41, 5.74) is 0.989.